The second-order valence-corrected chi connectivity index (χ2v) is 6.52. The number of carbonyl (C=O) groups excluding carboxylic acids is 1. The highest BCUT2D eigenvalue weighted by Gasteiger charge is 2.35. The van der Waals surface area contributed by atoms with E-state index < -0.39 is 18.2 Å². The third-order valence-electron chi connectivity index (χ3n) is 4.38. The molecule has 0 spiro atoms. The first kappa shape index (κ1) is 16.3. The topological polar surface area (TPSA) is 49.8 Å². The molecule has 0 aromatic heterocycles. The van der Waals surface area contributed by atoms with Crippen molar-refractivity contribution >= 4 is 11.5 Å². The number of aliphatic hydroxyl groups is 1. The number of hydrogen-bond donors (Lipinski definition) is 1. The molecule has 126 valence electrons. The van der Waals surface area contributed by atoms with E-state index in [1.165, 1.54) is 6.07 Å². The Balaban J connectivity index is 2.02. The monoisotopic (exact) mass is 325 g/mol. The van der Waals surface area contributed by atoms with Crippen LogP contribution in [0.15, 0.2) is 6.07 Å². The molecule has 6 heteroatoms. The van der Waals surface area contributed by atoms with Crippen LogP contribution in [0.1, 0.15) is 42.6 Å². The molecule has 2 fully saturated rings. The van der Waals surface area contributed by atoms with E-state index in [1.54, 1.807) is 4.90 Å². The Morgan fingerprint density at radius 1 is 1.26 bits per heavy atom. The van der Waals surface area contributed by atoms with Crippen molar-refractivity contribution in [1.29, 1.82) is 0 Å². The molecule has 2 aliphatic rings. The maximum atomic E-state index is 14.7. The van der Waals surface area contributed by atoms with E-state index in [2.05, 4.69) is 0 Å². The number of Topliss-reactive ketones (excluding diaryl/α,β-unsaturated/α-hetero) is 1. The molecule has 1 aromatic rings. The first-order valence-electron chi connectivity index (χ1n) is 7.98. The molecule has 23 heavy (non-hydrogen) atoms. The summed E-state index contributed by atoms with van der Waals surface area (Å²) in [6.45, 7) is 4.09. The fourth-order valence-corrected chi connectivity index (χ4v) is 3.24. The van der Waals surface area contributed by atoms with Crippen LogP contribution in [0.3, 0.4) is 0 Å². The van der Waals surface area contributed by atoms with E-state index in [4.69, 9.17) is 4.74 Å². The number of benzene rings is 1. The summed E-state index contributed by atoms with van der Waals surface area (Å²) in [5.41, 5.74) is 0.0423. The molecule has 1 heterocycles. The minimum Gasteiger partial charge on any atom is -0.392 e. The van der Waals surface area contributed by atoms with Gasteiger partial charge in [-0.2, -0.15) is 0 Å². The fraction of sp³-hybridized carbons (Fsp3) is 0.588. The van der Waals surface area contributed by atoms with Crippen molar-refractivity contribution in [3.8, 4) is 0 Å². The van der Waals surface area contributed by atoms with Gasteiger partial charge in [0.2, 0.25) is 0 Å². The molecular weight excluding hydrogens is 304 g/mol. The summed E-state index contributed by atoms with van der Waals surface area (Å²) in [5, 5.41) is 9.60. The predicted octanol–water partition coefficient (Wildman–Crippen LogP) is 2.66. The molecule has 2 atom stereocenters. The number of morpholine rings is 1. The molecule has 4 nitrogen and oxygen atoms in total. The number of nitrogens with zero attached hydrogens (tertiary/aromatic N) is 1. The lowest BCUT2D eigenvalue weighted by Crippen LogP contribution is -2.46. The molecule has 1 N–H and O–H groups in total. The summed E-state index contributed by atoms with van der Waals surface area (Å²) >= 11 is 0. The molecule has 1 saturated heterocycles. The molecule has 2 unspecified atom stereocenters. The number of carbonyl (C=O) groups is 1. The second kappa shape index (κ2) is 6.17. The van der Waals surface area contributed by atoms with Gasteiger partial charge in [0.15, 0.2) is 17.4 Å². The summed E-state index contributed by atoms with van der Waals surface area (Å²) in [6.07, 6.45) is 1.18. The second-order valence-electron chi connectivity index (χ2n) is 6.52. The summed E-state index contributed by atoms with van der Waals surface area (Å²) in [6, 6.07) is 1.30. The maximum absolute atomic E-state index is 14.7. The highest BCUT2D eigenvalue weighted by Crippen LogP contribution is 2.37. The highest BCUT2D eigenvalue weighted by atomic mass is 19.2. The van der Waals surface area contributed by atoms with Crippen molar-refractivity contribution in [2.75, 3.05) is 18.0 Å². The van der Waals surface area contributed by atoms with Gasteiger partial charge in [-0.3, -0.25) is 4.79 Å². The smallest absolute Gasteiger partial charge is 0.183 e. The van der Waals surface area contributed by atoms with Crippen molar-refractivity contribution < 1.29 is 23.4 Å². The van der Waals surface area contributed by atoms with Crippen molar-refractivity contribution in [3.63, 3.8) is 0 Å². The molecule has 1 aromatic carbocycles. The van der Waals surface area contributed by atoms with Crippen LogP contribution in [0.4, 0.5) is 14.5 Å². The van der Waals surface area contributed by atoms with Crippen LogP contribution < -0.4 is 4.90 Å². The molecular formula is C17H21F2NO3. The molecule has 0 bridgehead atoms. The summed E-state index contributed by atoms with van der Waals surface area (Å²) in [5.74, 6) is -2.74. The summed E-state index contributed by atoms with van der Waals surface area (Å²) in [7, 11) is 0. The van der Waals surface area contributed by atoms with E-state index in [-0.39, 0.29) is 40.7 Å². The van der Waals surface area contributed by atoms with Gasteiger partial charge < -0.3 is 14.7 Å². The van der Waals surface area contributed by atoms with E-state index in [0.29, 0.717) is 25.9 Å². The van der Waals surface area contributed by atoms with Crippen molar-refractivity contribution in [1.82, 2.24) is 0 Å². The van der Waals surface area contributed by atoms with E-state index in [1.807, 2.05) is 13.8 Å². The first-order chi connectivity index (χ1) is 10.9. The number of hydrogen-bond acceptors (Lipinski definition) is 4. The van der Waals surface area contributed by atoms with Gasteiger partial charge in [-0.1, -0.05) is 0 Å². The Kier molecular flexibility index (Phi) is 4.38. The number of aliphatic hydroxyl groups excluding tert-OH is 1. The van der Waals surface area contributed by atoms with Crippen LogP contribution in [-0.4, -0.2) is 36.2 Å². The molecule has 1 saturated carbocycles. The Hall–Kier alpha value is -1.53. The summed E-state index contributed by atoms with van der Waals surface area (Å²) in [4.78, 5) is 13.8. The van der Waals surface area contributed by atoms with Gasteiger partial charge in [0.05, 0.1) is 30.1 Å². The zero-order valence-electron chi connectivity index (χ0n) is 13.3. The molecule has 3 rings (SSSR count). The number of halogens is 2. The third-order valence-corrected chi connectivity index (χ3v) is 4.38. The molecule has 1 aliphatic carbocycles. The predicted molar refractivity (Wildman–Crippen MR) is 81.6 cm³/mol. The lowest BCUT2D eigenvalue weighted by molar-refractivity contribution is -0.00554. The Bertz CT molecular complexity index is 621. The zero-order valence-corrected chi connectivity index (χ0v) is 13.3. The fourth-order valence-electron chi connectivity index (χ4n) is 3.24. The van der Waals surface area contributed by atoms with E-state index in [9.17, 15) is 18.7 Å². The van der Waals surface area contributed by atoms with E-state index in [0.717, 1.165) is 0 Å². The average molecular weight is 325 g/mol. The van der Waals surface area contributed by atoms with Gasteiger partial charge in [0.1, 0.15) is 0 Å². The number of ether oxygens (including phenoxy) is 1. The van der Waals surface area contributed by atoms with Gasteiger partial charge in [0, 0.05) is 24.6 Å². The number of rotatable bonds is 4. The van der Waals surface area contributed by atoms with Crippen molar-refractivity contribution in [3.05, 3.63) is 28.8 Å². The first-order valence-corrected chi connectivity index (χ1v) is 7.98. The quantitative estimate of drug-likeness (QED) is 0.865. The minimum atomic E-state index is -1.11. The van der Waals surface area contributed by atoms with Crippen LogP contribution in [0.5, 0.6) is 0 Å². The zero-order chi connectivity index (χ0) is 16.7. The van der Waals surface area contributed by atoms with Crippen LogP contribution in [0.25, 0.3) is 0 Å². The van der Waals surface area contributed by atoms with E-state index >= 15 is 0 Å². The molecule has 1 aliphatic heterocycles. The van der Waals surface area contributed by atoms with Crippen LogP contribution in [0, 0.1) is 17.6 Å². The van der Waals surface area contributed by atoms with Crippen molar-refractivity contribution in [2.24, 2.45) is 5.92 Å². The van der Waals surface area contributed by atoms with Gasteiger partial charge in [0.25, 0.3) is 0 Å². The highest BCUT2D eigenvalue weighted by molar-refractivity contribution is 6.00. The largest absolute Gasteiger partial charge is 0.392 e. The van der Waals surface area contributed by atoms with Gasteiger partial charge in [-0.05, 0) is 32.8 Å². The number of anilines is 1. The lowest BCUT2D eigenvalue weighted by Gasteiger charge is -2.38. The number of ketones is 1. The Labute approximate surface area is 134 Å². The van der Waals surface area contributed by atoms with Crippen LogP contribution in [0.2, 0.25) is 0 Å². The van der Waals surface area contributed by atoms with Gasteiger partial charge in [-0.15, -0.1) is 0 Å². The Morgan fingerprint density at radius 2 is 1.87 bits per heavy atom. The maximum Gasteiger partial charge on any atom is 0.183 e. The van der Waals surface area contributed by atoms with Gasteiger partial charge >= 0.3 is 0 Å². The Morgan fingerprint density at radius 3 is 2.39 bits per heavy atom. The van der Waals surface area contributed by atoms with Crippen molar-refractivity contribution in [2.45, 2.75) is 45.5 Å². The van der Waals surface area contributed by atoms with Crippen LogP contribution >= 0.6 is 0 Å². The normalized spacial score (nSPS) is 24.8. The third kappa shape index (κ3) is 3.10. The SMILES string of the molecule is CC1CN(c2c(CO)cc(C(=O)C3CC3)c(F)c2F)CC(C)O1. The van der Waals surface area contributed by atoms with Crippen LogP contribution in [-0.2, 0) is 11.3 Å². The standard InChI is InChI=1S/C17H21F2NO3/c1-9-6-20(7-10(2)23-9)16-12(8-21)5-13(14(18)15(16)19)17(22)11-3-4-11/h5,9-11,21H,3-4,6-8H2,1-2H3. The molecule has 0 radical (unpaired) electrons. The summed E-state index contributed by atoms with van der Waals surface area (Å²) < 4.78 is 34.7. The van der Waals surface area contributed by atoms with Gasteiger partial charge in [-0.25, -0.2) is 8.78 Å². The molecule has 0 amide bonds. The average Bonchev–Trinajstić information content (AvgIpc) is 3.32. The lowest BCUT2D eigenvalue weighted by atomic mass is 10.00. The minimum absolute atomic E-state index is 0.0411.